The second-order valence-electron chi connectivity index (χ2n) is 6.12. The molecule has 1 unspecified atom stereocenters. The predicted octanol–water partition coefficient (Wildman–Crippen LogP) is 4.22. The third-order valence-corrected chi connectivity index (χ3v) is 5.09. The van der Waals surface area contributed by atoms with E-state index in [2.05, 4.69) is 34.7 Å². The molecule has 2 nitrogen and oxygen atoms in total. The summed E-state index contributed by atoms with van der Waals surface area (Å²) in [6.07, 6.45) is 2.45. The van der Waals surface area contributed by atoms with Crippen molar-refractivity contribution in [3.05, 3.63) is 33.3 Å². The molecule has 0 saturated carbocycles. The Balaban J connectivity index is 2.18. The first-order valence-corrected chi connectivity index (χ1v) is 7.99. The fourth-order valence-corrected chi connectivity index (χ4v) is 3.38. The number of halogens is 2. The summed E-state index contributed by atoms with van der Waals surface area (Å²) in [6.45, 7) is 7.52. The van der Waals surface area contributed by atoms with E-state index in [9.17, 15) is 0 Å². The van der Waals surface area contributed by atoms with Crippen molar-refractivity contribution in [2.75, 3.05) is 19.6 Å². The molecule has 0 aliphatic carbocycles. The molecule has 0 bridgehead atoms. The number of nitrogens with zero attached hydrogens (tertiary/aromatic N) is 1. The summed E-state index contributed by atoms with van der Waals surface area (Å²) in [5, 5.41) is 0.772. The van der Waals surface area contributed by atoms with Crippen molar-refractivity contribution in [2.45, 2.75) is 32.7 Å². The number of benzene rings is 1. The van der Waals surface area contributed by atoms with E-state index in [0.717, 1.165) is 22.6 Å². The van der Waals surface area contributed by atoms with E-state index in [4.69, 9.17) is 17.3 Å². The molecule has 1 heterocycles. The molecule has 2 N–H and O–H groups in total. The van der Waals surface area contributed by atoms with Crippen LogP contribution in [0.15, 0.2) is 22.7 Å². The Kier molecular flexibility index (Phi) is 4.93. The van der Waals surface area contributed by atoms with Gasteiger partial charge in [0.05, 0.1) is 0 Å². The zero-order chi connectivity index (χ0) is 14.0. The lowest BCUT2D eigenvalue weighted by atomic mass is 9.82. The Morgan fingerprint density at radius 3 is 2.58 bits per heavy atom. The van der Waals surface area contributed by atoms with E-state index in [-0.39, 0.29) is 6.04 Å². The number of piperidine rings is 1. The molecule has 1 atom stereocenters. The van der Waals surface area contributed by atoms with E-state index in [1.54, 1.807) is 0 Å². The number of rotatable bonds is 3. The Morgan fingerprint density at radius 2 is 2.00 bits per heavy atom. The molecule has 1 aliphatic heterocycles. The number of likely N-dealkylation sites (tertiary alicyclic amines) is 1. The van der Waals surface area contributed by atoms with Gasteiger partial charge in [0.15, 0.2) is 0 Å². The van der Waals surface area contributed by atoms with Gasteiger partial charge in [-0.3, -0.25) is 4.90 Å². The molecular formula is C15H22BrClN2. The highest BCUT2D eigenvalue weighted by atomic mass is 79.9. The molecule has 1 aromatic carbocycles. The van der Waals surface area contributed by atoms with Crippen LogP contribution in [0.5, 0.6) is 0 Å². The van der Waals surface area contributed by atoms with Gasteiger partial charge in [-0.2, -0.15) is 0 Å². The van der Waals surface area contributed by atoms with Crippen molar-refractivity contribution in [2.24, 2.45) is 11.1 Å². The molecule has 0 radical (unpaired) electrons. The molecule has 1 saturated heterocycles. The lowest BCUT2D eigenvalue weighted by Gasteiger charge is -2.41. The van der Waals surface area contributed by atoms with Crippen LogP contribution < -0.4 is 5.73 Å². The van der Waals surface area contributed by atoms with Gasteiger partial charge in [-0.15, -0.1) is 0 Å². The van der Waals surface area contributed by atoms with Gasteiger partial charge in [0.2, 0.25) is 0 Å². The Morgan fingerprint density at radius 1 is 1.37 bits per heavy atom. The summed E-state index contributed by atoms with van der Waals surface area (Å²) < 4.78 is 1.09. The lowest BCUT2D eigenvalue weighted by molar-refractivity contribution is 0.0961. The summed E-state index contributed by atoms with van der Waals surface area (Å²) >= 11 is 9.74. The van der Waals surface area contributed by atoms with Gasteiger partial charge in [0.25, 0.3) is 0 Å². The zero-order valence-electron chi connectivity index (χ0n) is 11.6. The largest absolute Gasteiger partial charge is 0.329 e. The minimum Gasteiger partial charge on any atom is -0.329 e. The molecular weight excluding hydrogens is 324 g/mol. The summed E-state index contributed by atoms with van der Waals surface area (Å²) in [4.78, 5) is 2.49. The van der Waals surface area contributed by atoms with Gasteiger partial charge in [0, 0.05) is 22.1 Å². The van der Waals surface area contributed by atoms with E-state index >= 15 is 0 Å². The first-order valence-electron chi connectivity index (χ1n) is 6.82. The van der Waals surface area contributed by atoms with Crippen LogP contribution in [0.3, 0.4) is 0 Å². The van der Waals surface area contributed by atoms with Crippen molar-refractivity contribution in [1.29, 1.82) is 0 Å². The van der Waals surface area contributed by atoms with Crippen LogP contribution in [0.1, 0.15) is 38.3 Å². The lowest BCUT2D eigenvalue weighted by Crippen LogP contribution is -2.42. The van der Waals surface area contributed by atoms with E-state index in [1.165, 1.54) is 18.4 Å². The van der Waals surface area contributed by atoms with Crippen LogP contribution in [0.2, 0.25) is 5.02 Å². The molecule has 1 fully saturated rings. The van der Waals surface area contributed by atoms with Crippen molar-refractivity contribution < 1.29 is 0 Å². The standard InChI is InChI=1S/C15H22BrClN2/c1-15(2)5-7-19(8-6-15)14(10-18)12-9-11(17)3-4-13(12)16/h3-4,9,14H,5-8,10,18H2,1-2H3. The summed E-state index contributed by atoms with van der Waals surface area (Å²) in [5.41, 5.74) is 7.68. The molecule has 0 amide bonds. The van der Waals surface area contributed by atoms with Crippen LogP contribution in [-0.2, 0) is 0 Å². The topological polar surface area (TPSA) is 29.3 Å². The first kappa shape index (κ1) is 15.3. The maximum Gasteiger partial charge on any atom is 0.0482 e. The Bertz CT molecular complexity index is 438. The minimum absolute atomic E-state index is 0.254. The zero-order valence-corrected chi connectivity index (χ0v) is 14.0. The van der Waals surface area contributed by atoms with E-state index in [0.29, 0.717) is 12.0 Å². The maximum absolute atomic E-state index is 6.12. The average Bonchev–Trinajstić information content (AvgIpc) is 2.36. The van der Waals surface area contributed by atoms with Crippen LogP contribution in [0, 0.1) is 5.41 Å². The van der Waals surface area contributed by atoms with Gasteiger partial charge in [0.1, 0.15) is 0 Å². The fourth-order valence-electron chi connectivity index (χ4n) is 2.68. The molecule has 0 aromatic heterocycles. The second-order valence-corrected chi connectivity index (χ2v) is 7.41. The van der Waals surface area contributed by atoms with Crippen molar-refractivity contribution >= 4 is 27.5 Å². The number of hydrogen-bond donors (Lipinski definition) is 1. The molecule has 1 aliphatic rings. The van der Waals surface area contributed by atoms with Gasteiger partial charge < -0.3 is 5.73 Å². The van der Waals surface area contributed by atoms with Crippen molar-refractivity contribution in [3.8, 4) is 0 Å². The number of nitrogens with two attached hydrogens (primary N) is 1. The summed E-state index contributed by atoms with van der Waals surface area (Å²) in [5.74, 6) is 0. The molecule has 19 heavy (non-hydrogen) atoms. The van der Waals surface area contributed by atoms with Crippen molar-refractivity contribution in [1.82, 2.24) is 4.90 Å². The average molecular weight is 346 g/mol. The summed E-state index contributed by atoms with van der Waals surface area (Å²) in [7, 11) is 0. The highest BCUT2D eigenvalue weighted by Crippen LogP contribution is 2.36. The Labute approximate surface area is 129 Å². The fraction of sp³-hybridized carbons (Fsp3) is 0.600. The molecule has 4 heteroatoms. The molecule has 2 rings (SSSR count). The highest BCUT2D eigenvalue weighted by Gasteiger charge is 2.30. The summed E-state index contributed by atoms with van der Waals surface area (Å²) in [6, 6.07) is 6.20. The minimum atomic E-state index is 0.254. The van der Waals surface area contributed by atoms with Crippen molar-refractivity contribution in [3.63, 3.8) is 0 Å². The van der Waals surface area contributed by atoms with Gasteiger partial charge >= 0.3 is 0 Å². The van der Waals surface area contributed by atoms with Crippen LogP contribution in [0.4, 0.5) is 0 Å². The molecule has 106 valence electrons. The highest BCUT2D eigenvalue weighted by molar-refractivity contribution is 9.10. The van der Waals surface area contributed by atoms with E-state index < -0.39 is 0 Å². The van der Waals surface area contributed by atoms with Gasteiger partial charge in [-0.1, -0.05) is 41.4 Å². The van der Waals surface area contributed by atoms with E-state index in [1.807, 2.05) is 18.2 Å². The third kappa shape index (κ3) is 3.72. The quantitative estimate of drug-likeness (QED) is 0.888. The first-order chi connectivity index (χ1) is 8.93. The third-order valence-electron chi connectivity index (χ3n) is 4.13. The van der Waals surface area contributed by atoms with Crippen LogP contribution in [-0.4, -0.2) is 24.5 Å². The van der Waals surface area contributed by atoms with Gasteiger partial charge in [-0.25, -0.2) is 0 Å². The predicted molar refractivity (Wildman–Crippen MR) is 85.5 cm³/mol. The monoisotopic (exact) mass is 344 g/mol. The van der Waals surface area contributed by atoms with Gasteiger partial charge in [-0.05, 0) is 55.1 Å². The van der Waals surface area contributed by atoms with Crippen LogP contribution in [0.25, 0.3) is 0 Å². The van der Waals surface area contributed by atoms with Crippen LogP contribution >= 0.6 is 27.5 Å². The Hall–Kier alpha value is -0.0900. The smallest absolute Gasteiger partial charge is 0.0482 e. The second kappa shape index (κ2) is 6.13. The molecule has 1 aromatic rings. The molecule has 0 spiro atoms. The normalized spacial score (nSPS) is 21.3. The number of hydrogen-bond acceptors (Lipinski definition) is 2. The maximum atomic E-state index is 6.12. The SMILES string of the molecule is CC1(C)CCN(C(CN)c2cc(Cl)ccc2Br)CC1.